The highest BCUT2D eigenvalue weighted by atomic mass is 16.5. The molecule has 1 saturated heterocycles. The molecule has 5 nitrogen and oxygen atoms in total. The molecule has 2 rings (SSSR count). The van der Waals surface area contributed by atoms with Crippen molar-refractivity contribution in [3.8, 4) is 0 Å². The van der Waals surface area contributed by atoms with E-state index in [2.05, 4.69) is 0 Å². The Bertz CT molecular complexity index is 284. The molecule has 2 fully saturated rings. The summed E-state index contributed by atoms with van der Waals surface area (Å²) < 4.78 is 5.29. The van der Waals surface area contributed by atoms with Gasteiger partial charge in [-0.2, -0.15) is 0 Å². The minimum Gasteiger partial charge on any atom is -0.378 e. The molecule has 0 spiro atoms. The van der Waals surface area contributed by atoms with E-state index in [1.807, 2.05) is 16.8 Å². The van der Waals surface area contributed by atoms with Crippen LogP contribution in [-0.4, -0.2) is 61.3 Å². The highest BCUT2D eigenvalue weighted by Crippen LogP contribution is 2.32. The van der Waals surface area contributed by atoms with E-state index in [4.69, 9.17) is 10.5 Å². The van der Waals surface area contributed by atoms with Gasteiger partial charge in [-0.3, -0.25) is 0 Å². The number of carbonyl (C=O) groups is 1. The quantitative estimate of drug-likeness (QED) is 0.802. The minimum atomic E-state index is -0.117. The first-order valence-corrected chi connectivity index (χ1v) is 7.00. The molecule has 0 unspecified atom stereocenters. The Morgan fingerprint density at radius 1 is 1.28 bits per heavy atom. The smallest absolute Gasteiger partial charge is 0.320 e. The van der Waals surface area contributed by atoms with Crippen molar-refractivity contribution in [3.05, 3.63) is 0 Å². The van der Waals surface area contributed by atoms with Gasteiger partial charge in [-0.05, 0) is 12.8 Å². The molecule has 1 saturated carbocycles. The van der Waals surface area contributed by atoms with Crippen molar-refractivity contribution in [1.29, 1.82) is 0 Å². The molecule has 2 N–H and O–H groups in total. The molecule has 0 bridgehead atoms. The van der Waals surface area contributed by atoms with E-state index >= 15 is 0 Å². The highest BCUT2D eigenvalue weighted by molar-refractivity contribution is 5.75. The average Bonchev–Trinajstić information content (AvgIpc) is 2.47. The minimum absolute atomic E-state index is 0.116. The number of hydrogen-bond acceptors (Lipinski definition) is 3. The Balaban J connectivity index is 2.03. The molecule has 0 aromatic heterocycles. The van der Waals surface area contributed by atoms with Gasteiger partial charge in [0, 0.05) is 26.7 Å². The Morgan fingerprint density at radius 2 is 1.89 bits per heavy atom. The molecule has 0 aromatic rings. The topological polar surface area (TPSA) is 58.8 Å². The number of carbonyl (C=O) groups excluding carboxylic acids is 1. The van der Waals surface area contributed by atoms with Gasteiger partial charge in [0.2, 0.25) is 0 Å². The molecule has 1 aliphatic heterocycles. The molecule has 0 radical (unpaired) electrons. The summed E-state index contributed by atoms with van der Waals surface area (Å²) in [4.78, 5) is 16.3. The van der Waals surface area contributed by atoms with E-state index < -0.39 is 0 Å². The molecule has 1 heterocycles. The number of morpholine rings is 1. The normalized spacial score (nSPS) is 23.8. The molecular weight excluding hydrogens is 230 g/mol. The van der Waals surface area contributed by atoms with Crippen LogP contribution in [0, 0.1) is 0 Å². The summed E-state index contributed by atoms with van der Waals surface area (Å²) in [5.74, 6) is 0. The lowest BCUT2D eigenvalue weighted by Crippen LogP contribution is -2.59. The van der Waals surface area contributed by atoms with Crippen LogP contribution in [0.1, 0.15) is 32.1 Å². The zero-order chi connectivity index (χ0) is 13.0. The largest absolute Gasteiger partial charge is 0.378 e. The first-order valence-electron chi connectivity index (χ1n) is 7.00. The number of amides is 2. The lowest BCUT2D eigenvalue weighted by atomic mass is 9.80. The van der Waals surface area contributed by atoms with Gasteiger partial charge in [-0.15, -0.1) is 0 Å². The maximum atomic E-state index is 12.5. The number of nitrogens with two attached hydrogens (primary N) is 1. The van der Waals surface area contributed by atoms with Gasteiger partial charge < -0.3 is 20.3 Å². The third kappa shape index (κ3) is 2.62. The Hall–Kier alpha value is -0.810. The third-order valence-electron chi connectivity index (χ3n) is 4.44. The maximum absolute atomic E-state index is 12.5. The van der Waals surface area contributed by atoms with Gasteiger partial charge in [0.1, 0.15) is 0 Å². The van der Waals surface area contributed by atoms with Crippen molar-refractivity contribution < 1.29 is 9.53 Å². The van der Waals surface area contributed by atoms with Gasteiger partial charge in [-0.1, -0.05) is 19.3 Å². The number of likely N-dealkylation sites (N-methyl/N-ethyl adjacent to an activating group) is 1. The SMILES string of the molecule is CN(C(=O)N1CCOCC1)C1(CN)CCCCC1. The van der Waals surface area contributed by atoms with Crippen LogP contribution in [0.3, 0.4) is 0 Å². The predicted octanol–water partition coefficient (Wildman–Crippen LogP) is 1.03. The second-order valence-electron chi connectivity index (χ2n) is 5.43. The Morgan fingerprint density at radius 3 is 2.44 bits per heavy atom. The van der Waals surface area contributed by atoms with E-state index in [-0.39, 0.29) is 11.6 Å². The van der Waals surface area contributed by atoms with Crippen molar-refractivity contribution >= 4 is 6.03 Å². The van der Waals surface area contributed by atoms with Crippen molar-refractivity contribution in [2.24, 2.45) is 5.73 Å². The Labute approximate surface area is 109 Å². The lowest BCUT2D eigenvalue weighted by Gasteiger charge is -2.46. The van der Waals surface area contributed by atoms with Crippen molar-refractivity contribution in [3.63, 3.8) is 0 Å². The van der Waals surface area contributed by atoms with Gasteiger partial charge in [0.15, 0.2) is 0 Å². The van der Waals surface area contributed by atoms with Crippen LogP contribution in [0.15, 0.2) is 0 Å². The van der Waals surface area contributed by atoms with Crippen LogP contribution in [-0.2, 0) is 4.74 Å². The zero-order valence-corrected chi connectivity index (χ0v) is 11.4. The molecule has 2 amide bonds. The van der Waals surface area contributed by atoms with Crippen LogP contribution in [0.4, 0.5) is 4.79 Å². The fourth-order valence-corrected chi connectivity index (χ4v) is 3.06. The van der Waals surface area contributed by atoms with Gasteiger partial charge >= 0.3 is 6.03 Å². The summed E-state index contributed by atoms with van der Waals surface area (Å²) in [5.41, 5.74) is 5.85. The number of hydrogen-bond donors (Lipinski definition) is 1. The predicted molar refractivity (Wildman–Crippen MR) is 70.4 cm³/mol. The van der Waals surface area contributed by atoms with Crippen molar-refractivity contribution in [1.82, 2.24) is 9.80 Å². The fraction of sp³-hybridized carbons (Fsp3) is 0.923. The van der Waals surface area contributed by atoms with Crippen LogP contribution in [0.25, 0.3) is 0 Å². The first kappa shape index (κ1) is 13.6. The summed E-state index contributed by atoms with van der Waals surface area (Å²) >= 11 is 0. The molecule has 0 aromatic carbocycles. The van der Waals surface area contributed by atoms with Crippen LogP contribution in [0.2, 0.25) is 0 Å². The second kappa shape index (κ2) is 5.89. The summed E-state index contributed by atoms with van der Waals surface area (Å²) in [6, 6.07) is 0.116. The number of urea groups is 1. The van der Waals surface area contributed by atoms with E-state index in [0.29, 0.717) is 32.8 Å². The van der Waals surface area contributed by atoms with Gasteiger partial charge in [0.05, 0.1) is 18.8 Å². The molecule has 18 heavy (non-hydrogen) atoms. The molecule has 104 valence electrons. The van der Waals surface area contributed by atoms with Crippen LogP contribution >= 0.6 is 0 Å². The average molecular weight is 255 g/mol. The van der Waals surface area contributed by atoms with Crippen molar-refractivity contribution in [2.75, 3.05) is 39.9 Å². The number of ether oxygens (including phenoxy) is 1. The van der Waals surface area contributed by atoms with E-state index in [9.17, 15) is 4.79 Å². The van der Waals surface area contributed by atoms with E-state index in [1.54, 1.807) is 0 Å². The molecular formula is C13H25N3O2. The second-order valence-corrected chi connectivity index (χ2v) is 5.43. The van der Waals surface area contributed by atoms with Crippen molar-refractivity contribution in [2.45, 2.75) is 37.6 Å². The summed E-state index contributed by atoms with van der Waals surface area (Å²) in [5, 5.41) is 0. The monoisotopic (exact) mass is 255 g/mol. The first-order chi connectivity index (χ1) is 8.69. The highest BCUT2D eigenvalue weighted by Gasteiger charge is 2.39. The molecule has 0 atom stereocenters. The summed E-state index contributed by atoms with van der Waals surface area (Å²) in [7, 11) is 1.91. The standard InChI is InChI=1S/C13H25N3O2/c1-15(12(17)16-7-9-18-10-8-16)13(11-14)5-3-2-4-6-13/h2-11,14H2,1H3. The number of nitrogens with zero attached hydrogens (tertiary/aromatic N) is 2. The Kier molecular flexibility index (Phi) is 4.45. The summed E-state index contributed by atoms with van der Waals surface area (Å²) in [6.07, 6.45) is 5.70. The molecule has 5 heteroatoms. The molecule has 2 aliphatic rings. The third-order valence-corrected chi connectivity index (χ3v) is 4.44. The van der Waals surface area contributed by atoms with E-state index in [1.165, 1.54) is 19.3 Å². The van der Waals surface area contributed by atoms with Crippen LogP contribution < -0.4 is 5.73 Å². The summed E-state index contributed by atoms with van der Waals surface area (Å²) in [6.45, 7) is 3.26. The van der Waals surface area contributed by atoms with Crippen LogP contribution in [0.5, 0.6) is 0 Å². The van der Waals surface area contributed by atoms with E-state index in [0.717, 1.165) is 12.8 Å². The fourth-order valence-electron chi connectivity index (χ4n) is 3.06. The lowest BCUT2D eigenvalue weighted by molar-refractivity contribution is 0.0274. The number of rotatable bonds is 2. The zero-order valence-electron chi connectivity index (χ0n) is 11.4. The van der Waals surface area contributed by atoms with Gasteiger partial charge in [0.25, 0.3) is 0 Å². The van der Waals surface area contributed by atoms with Gasteiger partial charge in [-0.25, -0.2) is 4.79 Å². The molecule has 1 aliphatic carbocycles. The maximum Gasteiger partial charge on any atom is 0.320 e.